The number of aliphatic hydroxyl groups excluding tert-OH is 2. The maximum absolute atomic E-state index is 9.34. The van der Waals surface area contributed by atoms with E-state index in [9.17, 15) is 5.11 Å². The average Bonchev–Trinajstić information content (AvgIpc) is 2.69. The van der Waals surface area contributed by atoms with Gasteiger partial charge in [-0.05, 0) is 38.5 Å². The van der Waals surface area contributed by atoms with Gasteiger partial charge in [0.25, 0.3) is 0 Å². The minimum Gasteiger partial charge on any atom is -0.393 e. The average molecular weight is 349 g/mol. The summed E-state index contributed by atoms with van der Waals surface area (Å²) in [5, 5.41) is 22.1. The monoisotopic (exact) mass is 349 g/mol. The van der Waals surface area contributed by atoms with Crippen LogP contribution in [-0.2, 0) is 0 Å². The predicted molar refractivity (Wildman–Crippen MR) is 97.2 cm³/mol. The van der Waals surface area contributed by atoms with Crippen LogP contribution in [0.2, 0.25) is 0 Å². The standard InChI is InChI=1S/C16H27N7O2/c24-12-13(25)11-17-21-14-18-15(22-7-3-1-4-8-22)20-16(19-14)23-9-5-2-6-10-23/h11,13,24-25H,1-10,12H2,(H,18,19,20,21)/b17-11-/t13-/m1/s1. The number of rotatable bonds is 6. The van der Waals surface area contributed by atoms with Crippen LogP contribution in [0.5, 0.6) is 0 Å². The van der Waals surface area contributed by atoms with Gasteiger partial charge in [-0.1, -0.05) is 0 Å². The summed E-state index contributed by atoms with van der Waals surface area (Å²) in [4.78, 5) is 18.0. The SMILES string of the molecule is OC[C@H](O)/C=N\Nc1nc(N2CCCCC2)nc(N2CCCCC2)n1. The summed E-state index contributed by atoms with van der Waals surface area (Å²) in [6.45, 7) is 3.44. The molecule has 3 heterocycles. The molecule has 25 heavy (non-hydrogen) atoms. The van der Waals surface area contributed by atoms with Crippen LogP contribution < -0.4 is 15.2 Å². The second kappa shape index (κ2) is 8.91. The third-order valence-electron chi connectivity index (χ3n) is 4.49. The molecular weight excluding hydrogens is 322 g/mol. The number of hydrazone groups is 1. The number of hydrogen-bond donors (Lipinski definition) is 3. The molecule has 2 fully saturated rings. The molecule has 9 heteroatoms. The highest BCUT2D eigenvalue weighted by molar-refractivity contribution is 5.63. The summed E-state index contributed by atoms with van der Waals surface area (Å²) in [7, 11) is 0. The van der Waals surface area contributed by atoms with Gasteiger partial charge in [0.15, 0.2) is 0 Å². The lowest BCUT2D eigenvalue weighted by molar-refractivity contribution is 0.148. The van der Waals surface area contributed by atoms with Crippen molar-refractivity contribution in [2.75, 3.05) is 48.0 Å². The smallest absolute Gasteiger partial charge is 0.250 e. The Bertz CT molecular complexity index is 535. The molecule has 1 aromatic heterocycles. The van der Waals surface area contributed by atoms with Crippen LogP contribution in [0.15, 0.2) is 5.10 Å². The Kier molecular flexibility index (Phi) is 6.35. The zero-order valence-electron chi connectivity index (χ0n) is 14.5. The molecule has 0 bridgehead atoms. The first-order valence-electron chi connectivity index (χ1n) is 9.10. The lowest BCUT2D eigenvalue weighted by Gasteiger charge is -2.30. The fourth-order valence-corrected chi connectivity index (χ4v) is 3.10. The largest absolute Gasteiger partial charge is 0.393 e. The van der Waals surface area contributed by atoms with Crippen LogP contribution in [0.4, 0.5) is 17.8 Å². The minimum absolute atomic E-state index is 0.359. The van der Waals surface area contributed by atoms with Crippen LogP contribution in [-0.4, -0.2) is 70.3 Å². The van der Waals surface area contributed by atoms with Crippen LogP contribution in [0.25, 0.3) is 0 Å². The van der Waals surface area contributed by atoms with Crippen molar-refractivity contribution in [3.05, 3.63) is 0 Å². The van der Waals surface area contributed by atoms with Gasteiger partial charge in [-0.25, -0.2) is 5.43 Å². The van der Waals surface area contributed by atoms with Crippen molar-refractivity contribution in [2.45, 2.75) is 44.6 Å². The fraction of sp³-hybridized carbons (Fsp3) is 0.750. The van der Waals surface area contributed by atoms with Crippen molar-refractivity contribution in [3.63, 3.8) is 0 Å². The summed E-state index contributed by atoms with van der Waals surface area (Å²) in [5.74, 6) is 1.71. The summed E-state index contributed by atoms with van der Waals surface area (Å²) in [6.07, 6.45) is 7.30. The van der Waals surface area contributed by atoms with E-state index in [1.807, 2.05) is 0 Å². The van der Waals surface area contributed by atoms with Gasteiger partial charge < -0.3 is 20.0 Å². The number of piperidine rings is 2. The molecule has 0 aromatic carbocycles. The molecule has 9 nitrogen and oxygen atoms in total. The number of anilines is 3. The lowest BCUT2D eigenvalue weighted by atomic mass is 10.1. The molecule has 0 amide bonds. The van der Waals surface area contributed by atoms with Crippen molar-refractivity contribution in [2.24, 2.45) is 5.10 Å². The molecule has 1 atom stereocenters. The number of hydrogen-bond acceptors (Lipinski definition) is 9. The third-order valence-corrected chi connectivity index (χ3v) is 4.49. The van der Waals surface area contributed by atoms with E-state index in [2.05, 4.69) is 35.3 Å². The van der Waals surface area contributed by atoms with E-state index in [1.165, 1.54) is 19.1 Å². The topological polar surface area (TPSA) is 110 Å². The zero-order chi connectivity index (χ0) is 17.5. The van der Waals surface area contributed by atoms with Gasteiger partial charge >= 0.3 is 0 Å². The van der Waals surface area contributed by atoms with Crippen molar-refractivity contribution in [1.82, 2.24) is 15.0 Å². The van der Waals surface area contributed by atoms with Crippen molar-refractivity contribution in [3.8, 4) is 0 Å². The van der Waals surface area contributed by atoms with E-state index < -0.39 is 6.10 Å². The first kappa shape index (κ1) is 17.8. The molecule has 3 N–H and O–H groups in total. The van der Waals surface area contributed by atoms with Gasteiger partial charge in [-0.3, -0.25) is 0 Å². The molecule has 0 unspecified atom stereocenters. The van der Waals surface area contributed by atoms with Crippen LogP contribution in [0, 0.1) is 0 Å². The molecular formula is C16H27N7O2. The molecule has 0 aliphatic carbocycles. The lowest BCUT2D eigenvalue weighted by Crippen LogP contribution is -2.34. The molecule has 3 rings (SSSR count). The second-order valence-corrected chi connectivity index (χ2v) is 6.49. The Hall–Kier alpha value is -2.00. The summed E-state index contributed by atoms with van der Waals surface area (Å²) in [6, 6.07) is 0. The zero-order valence-corrected chi connectivity index (χ0v) is 14.5. The Morgan fingerprint density at radius 1 is 0.920 bits per heavy atom. The van der Waals surface area contributed by atoms with E-state index in [-0.39, 0.29) is 6.61 Å². The summed E-state index contributed by atoms with van der Waals surface area (Å²) < 4.78 is 0. The fourth-order valence-electron chi connectivity index (χ4n) is 3.10. The Labute approximate surface area is 147 Å². The first-order chi connectivity index (χ1) is 12.3. The van der Waals surface area contributed by atoms with Crippen LogP contribution in [0.3, 0.4) is 0 Å². The molecule has 0 spiro atoms. The Morgan fingerprint density at radius 3 is 1.92 bits per heavy atom. The number of aliphatic hydroxyl groups is 2. The number of nitrogens with one attached hydrogen (secondary N) is 1. The quantitative estimate of drug-likeness (QED) is 0.506. The van der Waals surface area contributed by atoms with Gasteiger partial charge in [-0.2, -0.15) is 20.1 Å². The van der Waals surface area contributed by atoms with E-state index in [0.29, 0.717) is 17.8 Å². The van der Waals surface area contributed by atoms with Crippen LogP contribution >= 0.6 is 0 Å². The maximum Gasteiger partial charge on any atom is 0.250 e. The predicted octanol–water partition coefficient (Wildman–Crippen LogP) is 0.603. The van der Waals surface area contributed by atoms with Gasteiger partial charge in [-0.15, -0.1) is 0 Å². The molecule has 2 aliphatic rings. The molecule has 1 aromatic rings. The van der Waals surface area contributed by atoms with Gasteiger partial charge in [0.1, 0.15) is 6.10 Å². The van der Waals surface area contributed by atoms with E-state index in [0.717, 1.165) is 51.9 Å². The van der Waals surface area contributed by atoms with E-state index >= 15 is 0 Å². The maximum atomic E-state index is 9.34. The van der Waals surface area contributed by atoms with Gasteiger partial charge in [0, 0.05) is 26.2 Å². The summed E-state index contributed by atoms with van der Waals surface area (Å²) in [5.41, 5.74) is 2.75. The third kappa shape index (κ3) is 4.99. The van der Waals surface area contributed by atoms with Gasteiger partial charge in [0.05, 0.1) is 12.8 Å². The van der Waals surface area contributed by atoms with E-state index in [4.69, 9.17) is 5.11 Å². The highest BCUT2D eigenvalue weighted by Gasteiger charge is 2.20. The second-order valence-electron chi connectivity index (χ2n) is 6.49. The Morgan fingerprint density at radius 2 is 1.44 bits per heavy atom. The van der Waals surface area contributed by atoms with Crippen molar-refractivity contribution in [1.29, 1.82) is 0 Å². The highest BCUT2D eigenvalue weighted by atomic mass is 16.3. The highest BCUT2D eigenvalue weighted by Crippen LogP contribution is 2.22. The van der Waals surface area contributed by atoms with Gasteiger partial charge in [0.2, 0.25) is 17.8 Å². The molecule has 0 radical (unpaired) electrons. The number of nitrogens with zero attached hydrogens (tertiary/aromatic N) is 6. The Balaban J connectivity index is 1.80. The van der Waals surface area contributed by atoms with Crippen molar-refractivity contribution >= 4 is 24.1 Å². The molecule has 0 saturated carbocycles. The molecule has 2 saturated heterocycles. The van der Waals surface area contributed by atoms with Crippen LogP contribution in [0.1, 0.15) is 38.5 Å². The normalized spacial score (nSPS) is 20.1. The number of aromatic nitrogens is 3. The first-order valence-corrected chi connectivity index (χ1v) is 9.10. The minimum atomic E-state index is -1.00. The summed E-state index contributed by atoms with van der Waals surface area (Å²) >= 11 is 0. The van der Waals surface area contributed by atoms with Crippen molar-refractivity contribution < 1.29 is 10.2 Å². The molecule has 138 valence electrons. The van der Waals surface area contributed by atoms with E-state index in [1.54, 1.807) is 0 Å². The molecule has 2 aliphatic heterocycles.